The molecule has 3 atom stereocenters. The van der Waals surface area contributed by atoms with Gasteiger partial charge in [-0.1, -0.05) is 12.1 Å². The lowest BCUT2D eigenvalue weighted by Crippen LogP contribution is -2.49. The zero-order chi connectivity index (χ0) is 20.2. The SMILES string of the molecule is CN1C2CCC1C(Cc1ccc3c(c1)OCO3)C(=O)C2=Cc1ccc2c(c1)OCO2. The first-order chi connectivity index (χ1) is 14.7. The molecule has 4 aliphatic heterocycles. The van der Waals surface area contributed by atoms with Gasteiger partial charge in [0.15, 0.2) is 28.8 Å². The van der Waals surface area contributed by atoms with Gasteiger partial charge < -0.3 is 18.9 Å². The quantitative estimate of drug-likeness (QED) is 0.730. The van der Waals surface area contributed by atoms with Gasteiger partial charge in [-0.3, -0.25) is 9.69 Å². The Bertz CT molecular complexity index is 1060. The normalized spacial score (nSPS) is 27.8. The lowest BCUT2D eigenvalue weighted by Gasteiger charge is -2.38. The van der Waals surface area contributed by atoms with Crippen LogP contribution in [0.2, 0.25) is 0 Å². The third-order valence-electron chi connectivity index (χ3n) is 6.81. The molecule has 3 unspecified atom stereocenters. The number of piperidine rings is 1. The summed E-state index contributed by atoms with van der Waals surface area (Å²) in [4.78, 5) is 16.0. The molecule has 2 fully saturated rings. The van der Waals surface area contributed by atoms with Crippen LogP contribution in [-0.2, 0) is 11.2 Å². The summed E-state index contributed by atoms with van der Waals surface area (Å²) in [7, 11) is 2.15. The summed E-state index contributed by atoms with van der Waals surface area (Å²) in [6.45, 7) is 0.509. The number of ketones is 1. The fraction of sp³-hybridized carbons (Fsp3) is 0.375. The van der Waals surface area contributed by atoms with Gasteiger partial charge in [0.25, 0.3) is 0 Å². The average molecular weight is 405 g/mol. The van der Waals surface area contributed by atoms with Gasteiger partial charge in [0, 0.05) is 23.6 Å². The van der Waals surface area contributed by atoms with Crippen LogP contribution in [0.15, 0.2) is 42.0 Å². The molecule has 2 aromatic rings. The minimum absolute atomic E-state index is 0.0608. The highest BCUT2D eigenvalue weighted by atomic mass is 16.7. The van der Waals surface area contributed by atoms with Crippen molar-refractivity contribution >= 4 is 11.9 Å². The number of fused-ring (bicyclic) bond motifs is 4. The molecular formula is C24H23NO5. The van der Waals surface area contributed by atoms with Crippen molar-refractivity contribution in [3.05, 3.63) is 53.1 Å². The number of rotatable bonds is 3. The molecule has 6 nitrogen and oxygen atoms in total. The number of hydrogen-bond donors (Lipinski definition) is 0. The Kier molecular flexibility index (Phi) is 4.03. The monoisotopic (exact) mass is 405 g/mol. The van der Waals surface area contributed by atoms with Crippen LogP contribution in [0.25, 0.3) is 6.08 Å². The van der Waals surface area contributed by atoms with E-state index < -0.39 is 0 Å². The van der Waals surface area contributed by atoms with Gasteiger partial charge in [-0.15, -0.1) is 0 Å². The Morgan fingerprint density at radius 3 is 2.43 bits per heavy atom. The van der Waals surface area contributed by atoms with E-state index in [1.165, 1.54) is 0 Å². The maximum absolute atomic E-state index is 13.6. The first-order valence-corrected chi connectivity index (χ1v) is 10.4. The van der Waals surface area contributed by atoms with Gasteiger partial charge in [0.2, 0.25) is 13.6 Å². The van der Waals surface area contributed by atoms with Gasteiger partial charge in [0.1, 0.15) is 0 Å². The van der Waals surface area contributed by atoms with E-state index >= 15 is 0 Å². The Morgan fingerprint density at radius 1 is 0.933 bits per heavy atom. The molecule has 0 aliphatic carbocycles. The van der Waals surface area contributed by atoms with Crippen molar-refractivity contribution in [3.63, 3.8) is 0 Å². The minimum atomic E-state index is -0.0608. The van der Waals surface area contributed by atoms with E-state index in [1.807, 2.05) is 42.5 Å². The van der Waals surface area contributed by atoms with E-state index in [0.717, 1.165) is 52.5 Å². The van der Waals surface area contributed by atoms with Crippen LogP contribution in [0.5, 0.6) is 23.0 Å². The lowest BCUT2D eigenvalue weighted by atomic mass is 9.81. The van der Waals surface area contributed by atoms with E-state index in [1.54, 1.807) is 0 Å². The summed E-state index contributed by atoms with van der Waals surface area (Å²) < 4.78 is 21.9. The lowest BCUT2D eigenvalue weighted by molar-refractivity contribution is -0.123. The van der Waals surface area contributed by atoms with E-state index in [9.17, 15) is 4.79 Å². The number of likely N-dealkylation sites (N-methyl/N-ethyl adjacent to an activating group) is 1. The number of hydrogen-bond acceptors (Lipinski definition) is 6. The van der Waals surface area contributed by atoms with Crippen molar-refractivity contribution in [2.75, 3.05) is 20.6 Å². The van der Waals surface area contributed by atoms with Crippen LogP contribution in [0, 0.1) is 5.92 Å². The van der Waals surface area contributed by atoms with Crippen molar-refractivity contribution in [2.24, 2.45) is 5.92 Å². The van der Waals surface area contributed by atoms with Crippen molar-refractivity contribution in [1.29, 1.82) is 0 Å². The molecule has 0 saturated carbocycles. The molecule has 0 radical (unpaired) electrons. The van der Waals surface area contributed by atoms with Crippen LogP contribution in [-0.4, -0.2) is 43.4 Å². The van der Waals surface area contributed by atoms with Gasteiger partial charge >= 0.3 is 0 Å². The third kappa shape index (κ3) is 2.78. The van der Waals surface area contributed by atoms with Crippen molar-refractivity contribution < 1.29 is 23.7 Å². The molecule has 2 aromatic carbocycles. The summed E-state index contributed by atoms with van der Waals surface area (Å²) in [5.41, 5.74) is 2.98. The molecule has 0 aromatic heterocycles. The molecular weight excluding hydrogens is 382 g/mol. The highest BCUT2D eigenvalue weighted by molar-refractivity contribution is 6.04. The van der Waals surface area contributed by atoms with Gasteiger partial charge in [-0.2, -0.15) is 0 Å². The fourth-order valence-electron chi connectivity index (χ4n) is 5.28. The average Bonchev–Trinajstić information content (AvgIpc) is 3.47. The fourth-order valence-corrected chi connectivity index (χ4v) is 5.28. The summed E-state index contributed by atoms with van der Waals surface area (Å²) >= 11 is 0. The number of benzene rings is 2. The molecule has 2 saturated heterocycles. The topological polar surface area (TPSA) is 57.2 Å². The number of Topliss-reactive ketones (excluding diaryl/α,β-unsaturated/α-hetero) is 1. The van der Waals surface area contributed by atoms with E-state index in [2.05, 4.69) is 11.9 Å². The largest absolute Gasteiger partial charge is 0.454 e. The zero-order valence-corrected chi connectivity index (χ0v) is 16.8. The Balaban J connectivity index is 1.32. The molecule has 2 bridgehead atoms. The first-order valence-electron chi connectivity index (χ1n) is 10.4. The first kappa shape index (κ1) is 17.8. The molecule has 6 rings (SSSR count). The Hall–Kier alpha value is -2.99. The number of nitrogens with zero attached hydrogens (tertiary/aromatic N) is 1. The van der Waals surface area contributed by atoms with E-state index in [0.29, 0.717) is 6.42 Å². The molecule has 6 heteroatoms. The van der Waals surface area contributed by atoms with Crippen LogP contribution in [0.1, 0.15) is 24.0 Å². The predicted molar refractivity (Wildman–Crippen MR) is 110 cm³/mol. The highest BCUT2D eigenvalue weighted by Gasteiger charge is 2.47. The standard InChI is InChI=1S/C24H23NO5/c1-25-18-4-5-19(25)17(9-15-3-7-21-23(11-15)30-13-28-21)24(26)16(18)8-14-2-6-20-22(10-14)29-12-27-20/h2-3,6-8,10-11,17-19H,4-5,9,12-13H2,1H3. The second-order valence-corrected chi connectivity index (χ2v) is 8.40. The second kappa shape index (κ2) is 6.77. The van der Waals surface area contributed by atoms with Crippen molar-refractivity contribution in [3.8, 4) is 23.0 Å². The number of ether oxygens (including phenoxy) is 4. The minimum Gasteiger partial charge on any atom is -0.454 e. The Morgan fingerprint density at radius 2 is 1.63 bits per heavy atom. The van der Waals surface area contributed by atoms with Gasteiger partial charge in [-0.25, -0.2) is 0 Å². The van der Waals surface area contributed by atoms with Crippen LogP contribution in [0.3, 0.4) is 0 Å². The molecule has 4 heterocycles. The maximum atomic E-state index is 13.6. The van der Waals surface area contributed by atoms with E-state index in [-0.39, 0.29) is 37.4 Å². The van der Waals surface area contributed by atoms with Crippen molar-refractivity contribution in [2.45, 2.75) is 31.3 Å². The summed E-state index contributed by atoms with van der Waals surface area (Å²) in [5, 5.41) is 0. The van der Waals surface area contributed by atoms with Gasteiger partial charge in [-0.05, 0) is 67.8 Å². The highest BCUT2D eigenvalue weighted by Crippen LogP contribution is 2.42. The van der Waals surface area contributed by atoms with Crippen LogP contribution >= 0.6 is 0 Å². The zero-order valence-electron chi connectivity index (χ0n) is 16.8. The summed E-state index contributed by atoms with van der Waals surface area (Å²) in [6, 6.07) is 12.3. The molecule has 154 valence electrons. The summed E-state index contributed by atoms with van der Waals surface area (Å²) in [5.74, 6) is 3.23. The second-order valence-electron chi connectivity index (χ2n) is 8.40. The predicted octanol–water partition coefficient (Wildman–Crippen LogP) is 3.43. The molecule has 0 amide bonds. The van der Waals surface area contributed by atoms with Crippen LogP contribution in [0.4, 0.5) is 0 Å². The molecule has 0 N–H and O–H groups in total. The maximum Gasteiger partial charge on any atom is 0.231 e. The summed E-state index contributed by atoms with van der Waals surface area (Å²) in [6.07, 6.45) is 4.80. The van der Waals surface area contributed by atoms with E-state index in [4.69, 9.17) is 18.9 Å². The third-order valence-corrected chi connectivity index (χ3v) is 6.81. The van der Waals surface area contributed by atoms with Crippen LogP contribution < -0.4 is 18.9 Å². The van der Waals surface area contributed by atoms with Gasteiger partial charge in [0.05, 0.1) is 0 Å². The number of carbonyl (C=O) groups excluding carboxylic acids is 1. The molecule has 0 spiro atoms. The Labute approximate surface area is 175 Å². The van der Waals surface area contributed by atoms with Crippen molar-refractivity contribution in [1.82, 2.24) is 4.90 Å². The molecule has 4 aliphatic rings. The number of carbonyl (C=O) groups is 1. The molecule has 30 heavy (non-hydrogen) atoms. The smallest absolute Gasteiger partial charge is 0.231 e.